The first-order valence-corrected chi connectivity index (χ1v) is 8.82. The molecule has 0 N–H and O–H groups in total. The Morgan fingerprint density at radius 3 is 1.71 bits per heavy atom. The SMILES string of the molecule is O=P(/C=C/C1C=CC=C1)(c1ccccc1)c1ccccc1. The highest BCUT2D eigenvalue weighted by atomic mass is 31.2. The summed E-state index contributed by atoms with van der Waals surface area (Å²) in [6, 6.07) is 19.4. The van der Waals surface area contributed by atoms with Crippen LogP contribution in [0.25, 0.3) is 0 Å². The number of hydrogen-bond donors (Lipinski definition) is 0. The van der Waals surface area contributed by atoms with Crippen LogP contribution in [0.5, 0.6) is 0 Å². The second kappa shape index (κ2) is 6.11. The molecule has 3 rings (SSSR count). The molecular weight excluding hydrogens is 275 g/mol. The average molecular weight is 292 g/mol. The molecule has 0 saturated heterocycles. The van der Waals surface area contributed by atoms with Crippen LogP contribution in [0.3, 0.4) is 0 Å². The summed E-state index contributed by atoms with van der Waals surface area (Å²) < 4.78 is 13.6. The summed E-state index contributed by atoms with van der Waals surface area (Å²) in [6.07, 6.45) is 10.3. The zero-order chi connectivity index (χ0) is 14.5. The van der Waals surface area contributed by atoms with Crippen LogP contribution in [0.2, 0.25) is 0 Å². The second-order valence-electron chi connectivity index (χ2n) is 5.02. The van der Waals surface area contributed by atoms with Crippen molar-refractivity contribution in [3.05, 3.63) is 96.9 Å². The largest absolute Gasteiger partial charge is 0.309 e. The van der Waals surface area contributed by atoms with Gasteiger partial charge in [-0.2, -0.15) is 0 Å². The molecule has 0 aliphatic heterocycles. The second-order valence-corrected chi connectivity index (χ2v) is 7.66. The van der Waals surface area contributed by atoms with Crippen molar-refractivity contribution in [1.29, 1.82) is 0 Å². The van der Waals surface area contributed by atoms with Crippen LogP contribution in [0.4, 0.5) is 0 Å². The lowest BCUT2D eigenvalue weighted by Gasteiger charge is -2.15. The van der Waals surface area contributed by atoms with Gasteiger partial charge in [-0.25, -0.2) is 0 Å². The van der Waals surface area contributed by atoms with Crippen molar-refractivity contribution >= 4 is 17.8 Å². The molecule has 1 aliphatic carbocycles. The first kappa shape index (κ1) is 13.9. The number of allylic oxidation sites excluding steroid dienone is 5. The summed E-state index contributed by atoms with van der Waals surface area (Å²) >= 11 is 0. The van der Waals surface area contributed by atoms with E-state index in [0.717, 1.165) is 10.6 Å². The lowest BCUT2D eigenvalue weighted by molar-refractivity contribution is 0.592. The van der Waals surface area contributed by atoms with Crippen LogP contribution in [-0.2, 0) is 4.57 Å². The van der Waals surface area contributed by atoms with Crippen LogP contribution in [0.15, 0.2) is 96.9 Å². The predicted molar refractivity (Wildman–Crippen MR) is 90.7 cm³/mol. The van der Waals surface area contributed by atoms with Gasteiger partial charge in [-0.15, -0.1) is 0 Å². The Bertz CT molecular complexity index is 671. The van der Waals surface area contributed by atoms with E-state index in [1.54, 1.807) is 0 Å². The fraction of sp³-hybridized carbons (Fsp3) is 0.0526. The summed E-state index contributed by atoms with van der Waals surface area (Å²) in [5.74, 6) is 2.13. The predicted octanol–water partition coefficient (Wildman–Crippen LogP) is 4.26. The van der Waals surface area contributed by atoms with Gasteiger partial charge in [0.15, 0.2) is 7.14 Å². The molecule has 104 valence electrons. The van der Waals surface area contributed by atoms with Gasteiger partial charge in [0.25, 0.3) is 0 Å². The molecule has 1 nitrogen and oxygen atoms in total. The molecule has 0 heterocycles. The van der Waals surface area contributed by atoms with Gasteiger partial charge in [-0.05, 0) is 5.82 Å². The standard InChI is InChI=1S/C19H17OP/c20-21(18-11-3-1-4-12-18,19-13-5-2-6-14-19)16-15-17-9-7-8-10-17/h1-17H/b16-15+. The molecule has 0 aromatic heterocycles. The zero-order valence-electron chi connectivity index (χ0n) is 11.7. The molecule has 0 radical (unpaired) electrons. The maximum absolute atomic E-state index is 13.6. The van der Waals surface area contributed by atoms with Gasteiger partial charge in [0.05, 0.1) is 0 Å². The van der Waals surface area contributed by atoms with Crippen molar-refractivity contribution in [3.63, 3.8) is 0 Å². The van der Waals surface area contributed by atoms with E-state index in [4.69, 9.17) is 0 Å². The maximum atomic E-state index is 13.6. The highest BCUT2D eigenvalue weighted by Crippen LogP contribution is 2.45. The van der Waals surface area contributed by atoms with E-state index >= 15 is 0 Å². The van der Waals surface area contributed by atoms with E-state index < -0.39 is 7.14 Å². The lowest BCUT2D eigenvalue weighted by atomic mass is 10.2. The van der Waals surface area contributed by atoms with Crippen molar-refractivity contribution in [2.75, 3.05) is 0 Å². The number of benzene rings is 2. The van der Waals surface area contributed by atoms with Gasteiger partial charge in [0, 0.05) is 16.5 Å². The third-order valence-electron chi connectivity index (χ3n) is 3.58. The first-order valence-electron chi connectivity index (χ1n) is 7.04. The maximum Gasteiger partial charge on any atom is 0.163 e. The number of hydrogen-bond acceptors (Lipinski definition) is 1. The molecule has 2 aromatic carbocycles. The minimum Gasteiger partial charge on any atom is -0.309 e. The molecule has 2 heteroatoms. The van der Waals surface area contributed by atoms with Gasteiger partial charge >= 0.3 is 0 Å². The molecule has 0 unspecified atom stereocenters. The van der Waals surface area contributed by atoms with Gasteiger partial charge in [-0.3, -0.25) is 0 Å². The molecule has 0 saturated carbocycles. The van der Waals surface area contributed by atoms with Crippen molar-refractivity contribution in [1.82, 2.24) is 0 Å². The summed E-state index contributed by atoms with van der Waals surface area (Å²) in [7, 11) is -2.72. The first-order chi connectivity index (χ1) is 10.3. The fourth-order valence-electron chi connectivity index (χ4n) is 2.42. The smallest absolute Gasteiger partial charge is 0.163 e. The topological polar surface area (TPSA) is 17.1 Å². The summed E-state index contributed by atoms with van der Waals surface area (Å²) in [5, 5.41) is 1.75. The van der Waals surface area contributed by atoms with Crippen LogP contribution in [0.1, 0.15) is 0 Å². The molecule has 0 fully saturated rings. The quantitative estimate of drug-likeness (QED) is 0.770. The summed E-state index contributed by atoms with van der Waals surface area (Å²) in [6.45, 7) is 0. The van der Waals surface area contributed by atoms with Crippen LogP contribution in [-0.4, -0.2) is 0 Å². The third-order valence-corrected chi connectivity index (χ3v) is 6.30. The summed E-state index contributed by atoms with van der Waals surface area (Å²) in [4.78, 5) is 0. The molecule has 1 aliphatic rings. The lowest BCUT2D eigenvalue weighted by Crippen LogP contribution is -2.14. The average Bonchev–Trinajstić information content (AvgIpc) is 3.08. The minimum absolute atomic E-state index is 0.241. The Morgan fingerprint density at radius 1 is 0.762 bits per heavy atom. The highest BCUT2D eigenvalue weighted by molar-refractivity contribution is 7.81. The monoisotopic (exact) mass is 292 g/mol. The van der Waals surface area contributed by atoms with Crippen LogP contribution >= 0.6 is 7.14 Å². The Morgan fingerprint density at radius 2 is 1.24 bits per heavy atom. The third kappa shape index (κ3) is 2.99. The van der Waals surface area contributed by atoms with E-state index in [2.05, 4.69) is 12.2 Å². The molecule has 0 spiro atoms. The Labute approximate surface area is 125 Å². The Kier molecular flexibility index (Phi) is 4.03. The Balaban J connectivity index is 2.05. The van der Waals surface area contributed by atoms with Crippen LogP contribution < -0.4 is 10.6 Å². The van der Waals surface area contributed by atoms with Crippen molar-refractivity contribution in [2.45, 2.75) is 0 Å². The molecule has 2 aromatic rings. The normalized spacial score (nSPS) is 15.0. The van der Waals surface area contributed by atoms with E-state index in [-0.39, 0.29) is 5.92 Å². The van der Waals surface area contributed by atoms with E-state index in [1.807, 2.05) is 84.7 Å². The number of rotatable bonds is 4. The van der Waals surface area contributed by atoms with Crippen molar-refractivity contribution in [2.24, 2.45) is 5.92 Å². The van der Waals surface area contributed by atoms with Crippen molar-refractivity contribution < 1.29 is 4.57 Å². The van der Waals surface area contributed by atoms with Crippen LogP contribution in [0, 0.1) is 5.92 Å². The van der Waals surface area contributed by atoms with Gasteiger partial charge in [0.2, 0.25) is 0 Å². The van der Waals surface area contributed by atoms with E-state index in [1.165, 1.54) is 0 Å². The highest BCUT2D eigenvalue weighted by Gasteiger charge is 2.23. The van der Waals surface area contributed by atoms with Gasteiger partial charge < -0.3 is 4.57 Å². The molecular formula is C19H17OP. The van der Waals surface area contributed by atoms with Gasteiger partial charge in [-0.1, -0.05) is 91.0 Å². The van der Waals surface area contributed by atoms with E-state index in [9.17, 15) is 4.57 Å². The molecule has 0 atom stereocenters. The molecule has 0 bridgehead atoms. The van der Waals surface area contributed by atoms with Crippen molar-refractivity contribution in [3.8, 4) is 0 Å². The van der Waals surface area contributed by atoms with Gasteiger partial charge in [0.1, 0.15) is 0 Å². The van der Waals surface area contributed by atoms with E-state index in [0.29, 0.717) is 0 Å². The molecule has 21 heavy (non-hydrogen) atoms. The fourth-order valence-corrected chi connectivity index (χ4v) is 4.73. The zero-order valence-corrected chi connectivity index (χ0v) is 12.6. The summed E-state index contributed by atoms with van der Waals surface area (Å²) in [5.41, 5.74) is 0. The Hall–Kier alpha value is -2.11. The molecule has 0 amide bonds. The minimum atomic E-state index is -2.72.